The minimum atomic E-state index is -0.332. The Kier molecular flexibility index (Phi) is 3.35. The Hall–Kier alpha value is -3.41. The van der Waals surface area contributed by atoms with Crippen molar-refractivity contribution in [2.75, 3.05) is 5.32 Å². The fraction of sp³-hybridized carbons (Fsp3) is 0.0556. The number of nitrogens with zero attached hydrogens (tertiary/aromatic N) is 3. The van der Waals surface area contributed by atoms with Gasteiger partial charge in [0.2, 0.25) is 0 Å². The second kappa shape index (κ2) is 5.66. The molecule has 0 aliphatic rings. The van der Waals surface area contributed by atoms with E-state index >= 15 is 0 Å². The Morgan fingerprint density at radius 1 is 1.12 bits per heavy atom. The highest BCUT2D eigenvalue weighted by Gasteiger charge is 2.15. The van der Waals surface area contributed by atoms with Crippen LogP contribution in [-0.2, 0) is 0 Å². The van der Waals surface area contributed by atoms with Crippen LogP contribution in [0.3, 0.4) is 0 Å². The predicted molar refractivity (Wildman–Crippen MR) is 90.3 cm³/mol. The van der Waals surface area contributed by atoms with E-state index in [1.165, 1.54) is 6.26 Å². The van der Waals surface area contributed by atoms with Crippen LogP contribution in [-0.4, -0.2) is 20.7 Å². The average Bonchev–Trinajstić information content (AvgIpc) is 3.24. The Morgan fingerprint density at radius 2 is 2.00 bits per heavy atom. The molecule has 0 bridgehead atoms. The van der Waals surface area contributed by atoms with Gasteiger partial charge >= 0.3 is 0 Å². The van der Waals surface area contributed by atoms with E-state index in [1.807, 2.05) is 43.3 Å². The molecule has 24 heavy (non-hydrogen) atoms. The molecule has 0 saturated carbocycles. The van der Waals surface area contributed by atoms with Crippen LogP contribution in [0, 0.1) is 6.92 Å². The number of pyridine rings is 1. The van der Waals surface area contributed by atoms with E-state index in [2.05, 4.69) is 15.4 Å². The van der Waals surface area contributed by atoms with E-state index in [0.29, 0.717) is 11.6 Å². The van der Waals surface area contributed by atoms with Crippen LogP contribution in [0.1, 0.15) is 16.2 Å². The molecule has 3 aromatic heterocycles. The van der Waals surface area contributed by atoms with Crippen molar-refractivity contribution in [3.8, 4) is 5.82 Å². The molecule has 0 unspecified atom stereocenters. The standard InChI is InChI=1S/C18H14N4O2/c1-12-11-17(20-18(23)15-7-4-10-24-15)22(21-12)16-9-8-13-5-2-3-6-14(13)19-16/h2-11H,1H3,(H,20,23). The molecule has 4 rings (SSSR count). The van der Waals surface area contributed by atoms with Crippen molar-refractivity contribution in [2.45, 2.75) is 6.92 Å². The van der Waals surface area contributed by atoms with Crippen molar-refractivity contribution in [2.24, 2.45) is 0 Å². The number of anilines is 1. The molecular formula is C18H14N4O2. The molecule has 0 saturated heterocycles. The smallest absolute Gasteiger partial charge is 0.292 e. The summed E-state index contributed by atoms with van der Waals surface area (Å²) in [6, 6.07) is 16.8. The highest BCUT2D eigenvalue weighted by Crippen LogP contribution is 2.19. The van der Waals surface area contributed by atoms with Crippen LogP contribution in [0.25, 0.3) is 16.7 Å². The van der Waals surface area contributed by atoms with Gasteiger partial charge in [-0.05, 0) is 37.3 Å². The van der Waals surface area contributed by atoms with Gasteiger partial charge in [0, 0.05) is 11.5 Å². The fourth-order valence-corrected chi connectivity index (χ4v) is 2.52. The van der Waals surface area contributed by atoms with Crippen LogP contribution in [0.5, 0.6) is 0 Å². The van der Waals surface area contributed by atoms with Crippen LogP contribution in [0.2, 0.25) is 0 Å². The van der Waals surface area contributed by atoms with Crippen LogP contribution in [0.4, 0.5) is 5.82 Å². The molecule has 1 aromatic carbocycles. The Morgan fingerprint density at radius 3 is 2.83 bits per heavy atom. The second-order valence-corrected chi connectivity index (χ2v) is 5.38. The van der Waals surface area contributed by atoms with E-state index < -0.39 is 0 Å². The molecule has 1 amide bonds. The second-order valence-electron chi connectivity index (χ2n) is 5.38. The first-order chi connectivity index (χ1) is 11.7. The van der Waals surface area contributed by atoms with Gasteiger partial charge in [0.15, 0.2) is 11.6 Å². The predicted octanol–water partition coefficient (Wildman–Crippen LogP) is 3.57. The number of rotatable bonds is 3. The monoisotopic (exact) mass is 318 g/mol. The van der Waals surface area contributed by atoms with E-state index in [-0.39, 0.29) is 11.7 Å². The van der Waals surface area contributed by atoms with Gasteiger partial charge in [0.25, 0.3) is 5.91 Å². The zero-order valence-corrected chi connectivity index (χ0v) is 12.9. The third kappa shape index (κ3) is 2.54. The number of para-hydroxylation sites is 1. The minimum Gasteiger partial charge on any atom is -0.459 e. The topological polar surface area (TPSA) is 73.0 Å². The van der Waals surface area contributed by atoms with Crippen LogP contribution in [0.15, 0.2) is 65.3 Å². The van der Waals surface area contributed by atoms with Crippen molar-refractivity contribution in [1.82, 2.24) is 14.8 Å². The quantitative estimate of drug-likeness (QED) is 0.626. The lowest BCUT2D eigenvalue weighted by atomic mass is 10.2. The molecule has 0 aliphatic heterocycles. The maximum absolute atomic E-state index is 12.2. The molecular weight excluding hydrogens is 304 g/mol. The number of fused-ring (bicyclic) bond motifs is 1. The number of hydrogen-bond donors (Lipinski definition) is 1. The number of furan rings is 1. The summed E-state index contributed by atoms with van der Waals surface area (Å²) >= 11 is 0. The van der Waals surface area contributed by atoms with E-state index in [1.54, 1.807) is 22.9 Å². The summed E-state index contributed by atoms with van der Waals surface area (Å²) in [6.45, 7) is 1.86. The lowest BCUT2D eigenvalue weighted by Crippen LogP contribution is -2.15. The zero-order valence-electron chi connectivity index (χ0n) is 12.9. The van der Waals surface area contributed by atoms with Crippen molar-refractivity contribution < 1.29 is 9.21 Å². The summed E-state index contributed by atoms with van der Waals surface area (Å²) in [5.41, 5.74) is 1.64. The molecule has 0 aliphatic carbocycles. The minimum absolute atomic E-state index is 0.242. The van der Waals surface area contributed by atoms with E-state index in [4.69, 9.17) is 4.42 Å². The summed E-state index contributed by atoms with van der Waals surface area (Å²) in [6.07, 6.45) is 1.46. The Balaban J connectivity index is 1.73. The zero-order chi connectivity index (χ0) is 16.5. The van der Waals surface area contributed by atoms with Crippen molar-refractivity contribution >= 4 is 22.6 Å². The van der Waals surface area contributed by atoms with Gasteiger partial charge in [-0.2, -0.15) is 9.78 Å². The van der Waals surface area contributed by atoms with Gasteiger partial charge < -0.3 is 9.73 Å². The van der Waals surface area contributed by atoms with Crippen molar-refractivity contribution in [3.63, 3.8) is 0 Å². The van der Waals surface area contributed by atoms with Crippen molar-refractivity contribution in [3.05, 3.63) is 72.3 Å². The number of carbonyl (C=O) groups excluding carboxylic acids is 1. The molecule has 0 atom stereocenters. The maximum atomic E-state index is 12.2. The van der Waals surface area contributed by atoms with Gasteiger partial charge in [-0.15, -0.1) is 0 Å². The number of carbonyl (C=O) groups is 1. The number of amides is 1. The molecule has 3 heterocycles. The van der Waals surface area contributed by atoms with Gasteiger partial charge in [0.05, 0.1) is 17.5 Å². The molecule has 0 spiro atoms. The van der Waals surface area contributed by atoms with E-state index in [9.17, 15) is 4.79 Å². The van der Waals surface area contributed by atoms with Crippen LogP contribution >= 0.6 is 0 Å². The first kappa shape index (κ1) is 14.2. The first-order valence-electron chi connectivity index (χ1n) is 7.48. The lowest BCUT2D eigenvalue weighted by molar-refractivity contribution is 0.0996. The Labute approximate surface area is 137 Å². The molecule has 6 nitrogen and oxygen atoms in total. The summed E-state index contributed by atoms with van der Waals surface area (Å²) in [7, 11) is 0. The third-order valence-corrected chi connectivity index (χ3v) is 3.62. The molecule has 118 valence electrons. The average molecular weight is 318 g/mol. The van der Waals surface area contributed by atoms with Gasteiger partial charge in [-0.25, -0.2) is 4.98 Å². The number of aromatic nitrogens is 3. The Bertz CT molecular complexity index is 1020. The summed E-state index contributed by atoms with van der Waals surface area (Å²) in [4.78, 5) is 16.8. The largest absolute Gasteiger partial charge is 0.459 e. The fourth-order valence-electron chi connectivity index (χ4n) is 2.52. The number of aryl methyl sites for hydroxylation is 1. The van der Waals surface area contributed by atoms with Gasteiger partial charge in [0.1, 0.15) is 5.82 Å². The van der Waals surface area contributed by atoms with Gasteiger partial charge in [-0.1, -0.05) is 18.2 Å². The SMILES string of the molecule is Cc1cc(NC(=O)c2ccco2)n(-c2ccc3ccccc3n2)n1. The van der Waals surface area contributed by atoms with Crippen molar-refractivity contribution in [1.29, 1.82) is 0 Å². The molecule has 6 heteroatoms. The summed E-state index contributed by atoms with van der Waals surface area (Å²) in [5, 5.41) is 8.29. The lowest BCUT2D eigenvalue weighted by Gasteiger charge is -2.08. The highest BCUT2D eigenvalue weighted by molar-refractivity contribution is 6.01. The maximum Gasteiger partial charge on any atom is 0.292 e. The first-order valence-corrected chi connectivity index (χ1v) is 7.48. The molecule has 0 fully saturated rings. The third-order valence-electron chi connectivity index (χ3n) is 3.62. The number of nitrogens with one attached hydrogen (secondary N) is 1. The number of hydrogen-bond acceptors (Lipinski definition) is 4. The van der Waals surface area contributed by atoms with Crippen LogP contribution < -0.4 is 5.32 Å². The normalized spacial score (nSPS) is 10.9. The highest BCUT2D eigenvalue weighted by atomic mass is 16.3. The van der Waals surface area contributed by atoms with Gasteiger partial charge in [-0.3, -0.25) is 4.79 Å². The summed E-state index contributed by atoms with van der Waals surface area (Å²) < 4.78 is 6.73. The number of benzene rings is 1. The van der Waals surface area contributed by atoms with E-state index in [0.717, 1.165) is 16.6 Å². The molecule has 0 radical (unpaired) electrons. The molecule has 4 aromatic rings. The summed E-state index contributed by atoms with van der Waals surface area (Å²) in [5.74, 6) is 1.09. The molecule has 1 N–H and O–H groups in total.